The maximum absolute atomic E-state index is 11.9. The summed E-state index contributed by atoms with van der Waals surface area (Å²) in [7, 11) is -3.60. The molecule has 0 unspecified atom stereocenters. The Kier molecular flexibility index (Phi) is 5.41. The van der Waals surface area contributed by atoms with Crippen molar-refractivity contribution < 1.29 is 8.42 Å². The summed E-state index contributed by atoms with van der Waals surface area (Å²) in [5.41, 5.74) is 8.06. The van der Waals surface area contributed by atoms with Crippen molar-refractivity contribution >= 4 is 41.9 Å². The minimum Gasteiger partial charge on any atom is -0.211 e. The van der Waals surface area contributed by atoms with Gasteiger partial charge in [0.05, 0.1) is 4.90 Å². The number of nitrogens with one attached hydrogen (secondary N) is 1. The van der Waals surface area contributed by atoms with Gasteiger partial charge in [0.2, 0.25) is 10.0 Å². The van der Waals surface area contributed by atoms with Gasteiger partial charge in [-0.25, -0.2) is 13.1 Å². The molecule has 1 rings (SSSR count). The molecule has 1 aromatic rings. The van der Waals surface area contributed by atoms with Crippen LogP contribution in [0.15, 0.2) is 37.2 Å². The van der Waals surface area contributed by atoms with Gasteiger partial charge in [-0.1, -0.05) is 21.0 Å². The highest BCUT2D eigenvalue weighted by Crippen LogP contribution is 2.25. The molecule has 0 bridgehead atoms. The van der Waals surface area contributed by atoms with Crippen LogP contribution in [0.4, 0.5) is 0 Å². The number of hydrogen-bond donors (Lipinski definition) is 1. The van der Waals surface area contributed by atoms with Gasteiger partial charge in [-0.05, 0) is 39.7 Å². The van der Waals surface area contributed by atoms with E-state index in [1.165, 1.54) is 6.07 Å². The average molecular weight is 384 g/mol. The van der Waals surface area contributed by atoms with Gasteiger partial charge in [-0.15, -0.1) is 0 Å². The number of hydrogen-bond acceptors (Lipinski definition) is 3. The van der Waals surface area contributed by atoms with Gasteiger partial charge in [-0.2, -0.15) is 0 Å². The molecule has 0 spiro atoms. The Morgan fingerprint density at radius 3 is 2.76 bits per heavy atom. The molecule has 0 aliphatic heterocycles. The Balaban J connectivity index is 2.89. The highest BCUT2D eigenvalue weighted by Gasteiger charge is 2.16. The SMILES string of the molecule is [N-]=[N+]=NCCNS(=O)(=O)c1cc(Br)ccc1Br. The first kappa shape index (κ1) is 14.5. The molecule has 0 heterocycles. The van der Waals surface area contributed by atoms with Gasteiger partial charge in [-0.3, -0.25) is 0 Å². The average Bonchev–Trinajstić information content (AvgIpc) is 2.28. The molecule has 0 atom stereocenters. The highest BCUT2D eigenvalue weighted by molar-refractivity contribution is 9.11. The third-order valence-electron chi connectivity index (χ3n) is 1.75. The van der Waals surface area contributed by atoms with Gasteiger partial charge in [0, 0.05) is 26.9 Å². The molecule has 1 N–H and O–H groups in total. The molecule has 0 aromatic heterocycles. The standard InChI is InChI=1S/C8H8Br2N4O2S/c9-6-1-2-7(10)8(5-6)17(15,16)13-4-3-12-14-11/h1-2,5,13H,3-4H2. The fraction of sp³-hybridized carbons (Fsp3) is 0.250. The van der Waals surface area contributed by atoms with Crippen molar-refractivity contribution in [2.24, 2.45) is 5.11 Å². The summed E-state index contributed by atoms with van der Waals surface area (Å²) in [6.45, 7) is 0.132. The molecule has 92 valence electrons. The van der Waals surface area contributed by atoms with E-state index in [2.05, 4.69) is 46.6 Å². The summed E-state index contributed by atoms with van der Waals surface area (Å²) < 4.78 is 27.2. The number of rotatable bonds is 5. The lowest BCUT2D eigenvalue weighted by molar-refractivity contribution is 0.581. The maximum atomic E-state index is 11.9. The van der Waals surface area contributed by atoms with E-state index in [9.17, 15) is 8.42 Å². The second-order valence-corrected chi connectivity index (χ2v) is 6.43. The van der Waals surface area contributed by atoms with E-state index < -0.39 is 10.0 Å². The molecular weight excluding hydrogens is 376 g/mol. The minimum absolute atomic E-state index is 0.0609. The predicted molar refractivity (Wildman–Crippen MR) is 71.0 cm³/mol. The normalized spacial score (nSPS) is 10.9. The summed E-state index contributed by atoms with van der Waals surface area (Å²) >= 11 is 6.37. The van der Waals surface area contributed by atoms with Crippen molar-refractivity contribution in [3.63, 3.8) is 0 Å². The molecule has 1 aromatic carbocycles. The molecule has 9 heteroatoms. The van der Waals surface area contributed by atoms with Crippen molar-refractivity contribution in [3.8, 4) is 0 Å². The van der Waals surface area contributed by atoms with Crippen molar-refractivity contribution in [3.05, 3.63) is 37.6 Å². The number of halogens is 2. The van der Waals surface area contributed by atoms with Crippen LogP contribution in [0.3, 0.4) is 0 Å². The third-order valence-corrected chi connectivity index (χ3v) is 4.70. The van der Waals surface area contributed by atoms with Crippen LogP contribution in [0.2, 0.25) is 0 Å². The molecular formula is C8H8Br2N4O2S. The molecule has 0 fully saturated rings. The van der Waals surface area contributed by atoms with Crippen LogP contribution < -0.4 is 4.72 Å². The van der Waals surface area contributed by atoms with Crippen LogP contribution in [-0.2, 0) is 10.0 Å². The first-order valence-corrected chi connectivity index (χ1v) is 7.50. The molecule has 0 saturated heterocycles. The molecule has 17 heavy (non-hydrogen) atoms. The Bertz CT molecular complexity index is 555. The van der Waals surface area contributed by atoms with E-state index in [1.807, 2.05) is 0 Å². The second-order valence-electron chi connectivity index (χ2n) is 2.93. The van der Waals surface area contributed by atoms with Crippen LogP contribution >= 0.6 is 31.9 Å². The lowest BCUT2D eigenvalue weighted by Gasteiger charge is -2.07. The molecule has 0 aliphatic rings. The smallest absolute Gasteiger partial charge is 0.211 e. The third kappa shape index (κ3) is 4.29. The second kappa shape index (κ2) is 6.36. The molecule has 0 saturated carbocycles. The summed E-state index contributed by atoms with van der Waals surface area (Å²) in [5, 5.41) is 3.24. The van der Waals surface area contributed by atoms with Gasteiger partial charge in [0.25, 0.3) is 0 Å². The van der Waals surface area contributed by atoms with Crippen LogP contribution in [0.5, 0.6) is 0 Å². The van der Waals surface area contributed by atoms with Crippen LogP contribution in [0.25, 0.3) is 10.4 Å². The Morgan fingerprint density at radius 2 is 2.12 bits per heavy atom. The van der Waals surface area contributed by atoms with Gasteiger partial charge in [0.1, 0.15) is 0 Å². The van der Waals surface area contributed by atoms with Crippen molar-refractivity contribution in [1.82, 2.24) is 4.72 Å². The number of benzene rings is 1. The topological polar surface area (TPSA) is 94.9 Å². The first-order chi connectivity index (χ1) is 7.97. The van der Waals surface area contributed by atoms with E-state index in [4.69, 9.17) is 5.53 Å². The van der Waals surface area contributed by atoms with Crippen LogP contribution in [0.1, 0.15) is 0 Å². The van der Waals surface area contributed by atoms with E-state index in [-0.39, 0.29) is 18.0 Å². The Hall–Kier alpha value is -0.600. The monoisotopic (exact) mass is 382 g/mol. The fourth-order valence-electron chi connectivity index (χ4n) is 1.04. The quantitative estimate of drug-likeness (QED) is 0.366. The van der Waals surface area contributed by atoms with E-state index in [0.717, 1.165) is 0 Å². The van der Waals surface area contributed by atoms with Gasteiger partial charge < -0.3 is 0 Å². The zero-order valence-electron chi connectivity index (χ0n) is 8.47. The minimum atomic E-state index is -3.60. The zero-order chi connectivity index (χ0) is 12.9. The number of azide groups is 1. The molecule has 0 amide bonds. The summed E-state index contributed by atoms with van der Waals surface area (Å²) in [5.74, 6) is 0. The lowest BCUT2D eigenvalue weighted by atomic mass is 10.4. The largest absolute Gasteiger partial charge is 0.241 e. The highest BCUT2D eigenvalue weighted by atomic mass is 79.9. The summed E-state index contributed by atoms with van der Waals surface area (Å²) in [4.78, 5) is 2.67. The number of sulfonamides is 1. The van der Waals surface area contributed by atoms with E-state index in [0.29, 0.717) is 8.95 Å². The Morgan fingerprint density at radius 1 is 1.41 bits per heavy atom. The molecule has 6 nitrogen and oxygen atoms in total. The van der Waals surface area contributed by atoms with Crippen LogP contribution in [0, 0.1) is 0 Å². The van der Waals surface area contributed by atoms with Crippen molar-refractivity contribution in [1.29, 1.82) is 0 Å². The summed E-state index contributed by atoms with van der Waals surface area (Å²) in [6.07, 6.45) is 0. The molecule has 0 radical (unpaired) electrons. The zero-order valence-corrected chi connectivity index (χ0v) is 12.5. The fourth-order valence-corrected chi connectivity index (χ4v) is 3.56. The van der Waals surface area contributed by atoms with Crippen LogP contribution in [-0.4, -0.2) is 21.5 Å². The lowest BCUT2D eigenvalue weighted by Crippen LogP contribution is -2.26. The van der Waals surface area contributed by atoms with Crippen molar-refractivity contribution in [2.45, 2.75) is 4.90 Å². The first-order valence-electron chi connectivity index (χ1n) is 4.43. The maximum Gasteiger partial charge on any atom is 0.241 e. The van der Waals surface area contributed by atoms with Crippen molar-refractivity contribution in [2.75, 3.05) is 13.1 Å². The van der Waals surface area contributed by atoms with Gasteiger partial charge in [0.15, 0.2) is 0 Å². The molecule has 0 aliphatic carbocycles. The summed E-state index contributed by atoms with van der Waals surface area (Å²) in [6, 6.07) is 4.84. The Labute approximate surface area is 115 Å². The van der Waals surface area contributed by atoms with E-state index in [1.54, 1.807) is 12.1 Å². The van der Waals surface area contributed by atoms with Gasteiger partial charge >= 0.3 is 0 Å². The van der Waals surface area contributed by atoms with E-state index >= 15 is 0 Å². The predicted octanol–water partition coefficient (Wildman–Crippen LogP) is 2.80. The number of nitrogens with zero attached hydrogens (tertiary/aromatic N) is 3.